The highest BCUT2D eigenvalue weighted by atomic mass is 16.5. The highest BCUT2D eigenvalue weighted by Crippen LogP contribution is 2.16. The van der Waals surface area contributed by atoms with Crippen molar-refractivity contribution in [3.8, 4) is 0 Å². The lowest BCUT2D eigenvalue weighted by Gasteiger charge is -2.16. The quantitative estimate of drug-likeness (QED) is 0.619. The van der Waals surface area contributed by atoms with Crippen molar-refractivity contribution in [2.75, 3.05) is 12.3 Å². The Morgan fingerprint density at radius 1 is 1.33 bits per heavy atom. The molecule has 0 atom stereocenters. The Labute approximate surface area is 123 Å². The molecule has 0 bridgehead atoms. The van der Waals surface area contributed by atoms with Crippen LogP contribution in [0.2, 0.25) is 0 Å². The number of carbonyl (C=O) groups is 2. The number of ether oxygens (including phenoxy) is 1. The zero-order valence-corrected chi connectivity index (χ0v) is 12.1. The van der Waals surface area contributed by atoms with Crippen LogP contribution in [-0.2, 0) is 20.9 Å². The number of esters is 1. The number of hydrogen-bond donors (Lipinski definition) is 2. The summed E-state index contributed by atoms with van der Waals surface area (Å²) in [5.74, 6) is -0.746. The average molecular weight is 294 g/mol. The number of anilines is 1. The van der Waals surface area contributed by atoms with Crippen molar-refractivity contribution in [2.45, 2.75) is 51.1 Å². The molecule has 1 aromatic heterocycles. The molecule has 0 aromatic carbocycles. The smallest absolute Gasteiger partial charge is 0.328 e. The maximum atomic E-state index is 11.8. The van der Waals surface area contributed by atoms with Crippen molar-refractivity contribution in [3.05, 3.63) is 12.4 Å². The number of amides is 1. The molecule has 1 saturated carbocycles. The van der Waals surface area contributed by atoms with Crippen molar-refractivity contribution in [1.29, 1.82) is 0 Å². The first-order chi connectivity index (χ1) is 10.1. The van der Waals surface area contributed by atoms with Gasteiger partial charge in [0.15, 0.2) is 6.61 Å². The van der Waals surface area contributed by atoms with Gasteiger partial charge in [-0.3, -0.25) is 14.3 Å². The van der Waals surface area contributed by atoms with E-state index >= 15 is 0 Å². The van der Waals surface area contributed by atoms with Crippen molar-refractivity contribution in [2.24, 2.45) is 0 Å². The third kappa shape index (κ3) is 5.45. The lowest BCUT2D eigenvalue weighted by molar-refractivity contribution is -0.149. The summed E-state index contributed by atoms with van der Waals surface area (Å²) in [7, 11) is 0. The van der Waals surface area contributed by atoms with Gasteiger partial charge in [-0.15, -0.1) is 0 Å². The van der Waals surface area contributed by atoms with Crippen molar-refractivity contribution < 1.29 is 14.3 Å². The van der Waals surface area contributed by atoms with Gasteiger partial charge in [-0.1, -0.05) is 25.7 Å². The van der Waals surface area contributed by atoms with Crippen molar-refractivity contribution in [3.63, 3.8) is 0 Å². The second-order valence-corrected chi connectivity index (χ2v) is 5.39. The van der Waals surface area contributed by atoms with Crippen LogP contribution in [0.1, 0.15) is 38.5 Å². The number of nitrogens with one attached hydrogen (secondary N) is 1. The molecule has 0 unspecified atom stereocenters. The molecule has 1 heterocycles. The minimum Gasteiger partial charge on any atom is -0.454 e. The molecule has 0 spiro atoms. The third-order valence-corrected chi connectivity index (χ3v) is 3.53. The lowest BCUT2D eigenvalue weighted by atomic mass is 10.1. The van der Waals surface area contributed by atoms with Crippen LogP contribution in [0.15, 0.2) is 12.4 Å². The molecule has 116 valence electrons. The summed E-state index contributed by atoms with van der Waals surface area (Å²) in [6.07, 6.45) is 9.75. The van der Waals surface area contributed by atoms with Crippen LogP contribution in [-0.4, -0.2) is 34.3 Å². The standard InChI is InChI=1S/C14H22N4O3/c15-11-7-16-18(8-11)9-14(20)21-10-13(19)17-12-5-3-1-2-4-6-12/h7-8,12H,1-6,9-10,15H2,(H,17,19). The molecule has 1 aromatic rings. The summed E-state index contributed by atoms with van der Waals surface area (Å²) in [4.78, 5) is 23.3. The average Bonchev–Trinajstić information content (AvgIpc) is 2.70. The van der Waals surface area contributed by atoms with Crippen LogP contribution in [0.25, 0.3) is 0 Å². The Hall–Kier alpha value is -2.05. The highest BCUT2D eigenvalue weighted by molar-refractivity contribution is 5.80. The van der Waals surface area contributed by atoms with E-state index in [1.165, 1.54) is 29.9 Å². The highest BCUT2D eigenvalue weighted by Gasteiger charge is 2.16. The molecule has 3 N–H and O–H groups in total. The SMILES string of the molecule is Nc1cnn(CC(=O)OCC(=O)NC2CCCCCC2)c1. The van der Waals surface area contributed by atoms with E-state index < -0.39 is 5.97 Å². The Morgan fingerprint density at radius 3 is 2.67 bits per heavy atom. The fourth-order valence-electron chi connectivity index (χ4n) is 2.48. The van der Waals surface area contributed by atoms with Gasteiger partial charge in [0, 0.05) is 12.2 Å². The molecule has 1 amide bonds. The van der Waals surface area contributed by atoms with Crippen LogP contribution >= 0.6 is 0 Å². The predicted molar refractivity (Wildman–Crippen MR) is 77.2 cm³/mol. The molecule has 0 saturated heterocycles. The van der Waals surface area contributed by atoms with Gasteiger partial charge in [0.25, 0.3) is 5.91 Å². The summed E-state index contributed by atoms with van der Waals surface area (Å²) >= 11 is 0. The first-order valence-corrected chi connectivity index (χ1v) is 7.36. The van der Waals surface area contributed by atoms with E-state index in [2.05, 4.69) is 10.4 Å². The molecule has 1 aliphatic carbocycles. The van der Waals surface area contributed by atoms with Gasteiger partial charge in [-0.05, 0) is 12.8 Å². The zero-order chi connectivity index (χ0) is 15.1. The third-order valence-electron chi connectivity index (χ3n) is 3.53. The molecule has 1 aliphatic rings. The predicted octanol–water partition coefficient (Wildman–Crippen LogP) is 0.847. The maximum Gasteiger partial charge on any atom is 0.328 e. The van der Waals surface area contributed by atoms with Crippen LogP contribution in [0.3, 0.4) is 0 Å². The van der Waals surface area contributed by atoms with Gasteiger partial charge in [-0.25, -0.2) is 0 Å². The normalized spacial score (nSPS) is 16.2. The summed E-state index contributed by atoms with van der Waals surface area (Å²) < 4.78 is 6.31. The molecule has 21 heavy (non-hydrogen) atoms. The number of hydrogen-bond acceptors (Lipinski definition) is 5. The molecule has 0 aliphatic heterocycles. The van der Waals surface area contributed by atoms with E-state index in [-0.39, 0.29) is 25.1 Å². The van der Waals surface area contributed by atoms with Crippen LogP contribution in [0.5, 0.6) is 0 Å². The van der Waals surface area contributed by atoms with E-state index in [0.29, 0.717) is 5.69 Å². The molecule has 7 heteroatoms. The summed E-state index contributed by atoms with van der Waals surface area (Å²) in [5, 5.41) is 6.80. The summed E-state index contributed by atoms with van der Waals surface area (Å²) in [6.45, 7) is -0.292. The van der Waals surface area contributed by atoms with Crippen molar-refractivity contribution >= 4 is 17.6 Å². The van der Waals surface area contributed by atoms with Gasteiger partial charge in [-0.2, -0.15) is 5.10 Å². The molecular weight excluding hydrogens is 272 g/mol. The Balaban J connectivity index is 1.66. The van der Waals surface area contributed by atoms with Gasteiger partial charge in [0.2, 0.25) is 0 Å². The Bertz CT molecular complexity index is 478. The van der Waals surface area contributed by atoms with E-state index in [4.69, 9.17) is 10.5 Å². The lowest BCUT2D eigenvalue weighted by Crippen LogP contribution is -2.37. The Kier molecular flexibility index (Phi) is 5.59. The monoisotopic (exact) mass is 294 g/mol. The van der Waals surface area contributed by atoms with Crippen LogP contribution in [0, 0.1) is 0 Å². The second kappa shape index (κ2) is 7.66. The van der Waals surface area contributed by atoms with Crippen LogP contribution < -0.4 is 11.1 Å². The van der Waals surface area contributed by atoms with Gasteiger partial charge in [0.1, 0.15) is 6.54 Å². The number of nitrogen functional groups attached to an aromatic ring is 1. The number of carbonyl (C=O) groups excluding carboxylic acids is 2. The molecule has 7 nitrogen and oxygen atoms in total. The number of rotatable bonds is 5. The maximum absolute atomic E-state index is 11.8. The van der Waals surface area contributed by atoms with E-state index in [1.54, 1.807) is 0 Å². The van der Waals surface area contributed by atoms with Crippen molar-refractivity contribution in [1.82, 2.24) is 15.1 Å². The van der Waals surface area contributed by atoms with Gasteiger partial charge >= 0.3 is 5.97 Å². The fraction of sp³-hybridized carbons (Fsp3) is 0.643. The number of nitrogens with two attached hydrogens (primary N) is 1. The molecule has 2 rings (SSSR count). The molecular formula is C14H22N4O3. The van der Waals surface area contributed by atoms with E-state index in [0.717, 1.165) is 25.7 Å². The first kappa shape index (κ1) is 15.3. The largest absolute Gasteiger partial charge is 0.454 e. The molecule has 0 radical (unpaired) electrons. The van der Waals surface area contributed by atoms with Gasteiger partial charge < -0.3 is 15.8 Å². The van der Waals surface area contributed by atoms with E-state index in [9.17, 15) is 9.59 Å². The zero-order valence-electron chi connectivity index (χ0n) is 12.1. The fourth-order valence-corrected chi connectivity index (χ4v) is 2.48. The summed E-state index contributed by atoms with van der Waals surface area (Å²) in [5.41, 5.74) is 5.97. The second-order valence-electron chi connectivity index (χ2n) is 5.39. The van der Waals surface area contributed by atoms with Gasteiger partial charge in [0.05, 0.1) is 11.9 Å². The number of aromatic nitrogens is 2. The summed E-state index contributed by atoms with van der Waals surface area (Å²) in [6, 6.07) is 0.213. The Morgan fingerprint density at radius 2 is 2.05 bits per heavy atom. The topological polar surface area (TPSA) is 99.2 Å². The van der Waals surface area contributed by atoms with E-state index in [1.807, 2.05) is 0 Å². The number of nitrogens with zero attached hydrogens (tertiary/aromatic N) is 2. The van der Waals surface area contributed by atoms with Crippen LogP contribution in [0.4, 0.5) is 5.69 Å². The molecule has 1 fully saturated rings. The first-order valence-electron chi connectivity index (χ1n) is 7.36. The minimum absolute atomic E-state index is 0.0477. The minimum atomic E-state index is -0.505.